The Balaban J connectivity index is 1.69. The normalized spacial score (nSPS) is 20.0. The number of amidine groups is 1. The molecular weight excluding hydrogens is 336 g/mol. The fourth-order valence-electron chi connectivity index (χ4n) is 3.22. The van der Waals surface area contributed by atoms with Crippen LogP contribution in [0.4, 0.5) is 0 Å². The molecule has 1 N–H and O–H groups in total. The molecule has 6 nitrogen and oxygen atoms in total. The number of nitrogens with one attached hydrogen (secondary N) is 1. The van der Waals surface area contributed by atoms with Gasteiger partial charge in [0, 0.05) is 36.4 Å². The third-order valence-corrected chi connectivity index (χ3v) is 6.22. The van der Waals surface area contributed by atoms with E-state index in [-0.39, 0.29) is 16.5 Å². The van der Waals surface area contributed by atoms with Gasteiger partial charge in [-0.2, -0.15) is 0 Å². The van der Waals surface area contributed by atoms with Crippen molar-refractivity contribution < 1.29 is 8.42 Å². The lowest BCUT2D eigenvalue weighted by atomic mass is 9.99. The number of nitrogens with zero attached hydrogens (tertiary/aromatic N) is 3. The fourth-order valence-corrected chi connectivity index (χ4v) is 4.57. The number of sulfonamides is 1. The molecule has 2 heterocycles. The number of hydrogen-bond acceptors (Lipinski definition) is 5. The number of piperidine rings is 1. The maximum Gasteiger partial charge on any atom is 0.240 e. The van der Waals surface area contributed by atoms with Crippen molar-refractivity contribution >= 4 is 22.1 Å². The molecule has 0 unspecified atom stereocenters. The Morgan fingerprint density at radius 2 is 1.92 bits per heavy atom. The van der Waals surface area contributed by atoms with Crippen molar-refractivity contribution in [3.63, 3.8) is 0 Å². The zero-order valence-electron chi connectivity index (χ0n) is 15.1. The van der Waals surface area contributed by atoms with Crippen molar-refractivity contribution in [2.45, 2.75) is 50.1 Å². The van der Waals surface area contributed by atoms with Crippen molar-refractivity contribution in [3.8, 4) is 0 Å². The molecule has 0 amide bonds. The number of hydrogen-bond donors (Lipinski definition) is 1. The van der Waals surface area contributed by atoms with Crippen LogP contribution in [0.1, 0.15) is 39.2 Å². The van der Waals surface area contributed by atoms with Crippen LogP contribution in [-0.4, -0.2) is 56.6 Å². The standard InChI is InChI=1S/C18H26N4O2S/c1-18(2,3)22-11-7-15(8-12-22)21-25(23,24)16-6-4-5-14(13-16)17-19-9-10-20-17/h4-6,9,13,15,21H,7-8,10-12H2,1-3H3. The maximum absolute atomic E-state index is 12.7. The summed E-state index contributed by atoms with van der Waals surface area (Å²) in [4.78, 5) is 11.1. The Morgan fingerprint density at radius 1 is 1.20 bits per heavy atom. The molecule has 0 saturated carbocycles. The molecule has 0 atom stereocenters. The highest BCUT2D eigenvalue weighted by Gasteiger charge is 2.29. The van der Waals surface area contributed by atoms with Gasteiger partial charge in [0.05, 0.1) is 11.4 Å². The maximum atomic E-state index is 12.7. The molecule has 0 bridgehead atoms. The lowest BCUT2D eigenvalue weighted by Gasteiger charge is -2.40. The van der Waals surface area contributed by atoms with E-state index in [1.807, 2.05) is 6.07 Å². The first-order valence-electron chi connectivity index (χ1n) is 8.70. The van der Waals surface area contributed by atoms with Crippen LogP contribution in [-0.2, 0) is 10.0 Å². The van der Waals surface area contributed by atoms with Gasteiger partial charge in [-0.15, -0.1) is 0 Å². The van der Waals surface area contributed by atoms with E-state index in [4.69, 9.17) is 0 Å². The molecule has 2 aliphatic heterocycles. The first kappa shape index (κ1) is 18.2. The molecule has 25 heavy (non-hydrogen) atoms. The van der Waals surface area contributed by atoms with Crippen LogP contribution in [0.5, 0.6) is 0 Å². The highest BCUT2D eigenvalue weighted by molar-refractivity contribution is 7.89. The van der Waals surface area contributed by atoms with Gasteiger partial charge in [-0.05, 0) is 45.7 Å². The first-order chi connectivity index (χ1) is 11.8. The zero-order chi connectivity index (χ0) is 18.1. The largest absolute Gasteiger partial charge is 0.298 e. The highest BCUT2D eigenvalue weighted by atomic mass is 32.2. The van der Waals surface area contributed by atoms with Crippen molar-refractivity contribution in [1.82, 2.24) is 9.62 Å². The molecule has 2 aliphatic rings. The average Bonchev–Trinajstić information content (AvgIpc) is 3.09. The molecule has 1 saturated heterocycles. The first-order valence-corrected chi connectivity index (χ1v) is 10.2. The van der Waals surface area contributed by atoms with E-state index >= 15 is 0 Å². The van der Waals surface area contributed by atoms with Crippen LogP contribution < -0.4 is 4.72 Å². The summed E-state index contributed by atoms with van der Waals surface area (Å²) < 4.78 is 28.4. The van der Waals surface area contributed by atoms with Gasteiger partial charge in [0.25, 0.3) is 0 Å². The molecule has 0 radical (unpaired) electrons. The van der Waals surface area contributed by atoms with Crippen molar-refractivity contribution in [2.75, 3.05) is 19.6 Å². The minimum atomic E-state index is -3.54. The average molecular weight is 362 g/mol. The van der Waals surface area contributed by atoms with Crippen LogP contribution in [0.3, 0.4) is 0 Å². The highest BCUT2D eigenvalue weighted by Crippen LogP contribution is 2.22. The molecular formula is C18H26N4O2S. The van der Waals surface area contributed by atoms with Gasteiger partial charge in [0.15, 0.2) is 5.84 Å². The molecule has 0 aromatic heterocycles. The monoisotopic (exact) mass is 362 g/mol. The second kappa shape index (κ2) is 6.97. The number of benzene rings is 1. The Hall–Kier alpha value is -1.57. The van der Waals surface area contributed by atoms with Crippen LogP contribution in [0.2, 0.25) is 0 Å². The third-order valence-electron chi connectivity index (χ3n) is 4.70. The molecule has 7 heteroatoms. The lowest BCUT2D eigenvalue weighted by molar-refractivity contribution is 0.100. The lowest BCUT2D eigenvalue weighted by Crippen LogP contribution is -2.50. The van der Waals surface area contributed by atoms with E-state index in [0.717, 1.165) is 31.5 Å². The van der Waals surface area contributed by atoms with E-state index in [9.17, 15) is 8.42 Å². The van der Waals surface area contributed by atoms with Gasteiger partial charge in [0.1, 0.15) is 0 Å². The zero-order valence-corrected chi connectivity index (χ0v) is 15.9. The Labute approximate surface area is 150 Å². The number of aliphatic imine (C=N–C) groups is 2. The Morgan fingerprint density at radius 3 is 2.52 bits per heavy atom. The van der Waals surface area contributed by atoms with Gasteiger partial charge in [0.2, 0.25) is 10.0 Å². The minimum absolute atomic E-state index is 0.0194. The summed E-state index contributed by atoms with van der Waals surface area (Å²) in [6, 6.07) is 6.82. The summed E-state index contributed by atoms with van der Waals surface area (Å²) in [7, 11) is -3.54. The topological polar surface area (TPSA) is 74.1 Å². The van der Waals surface area contributed by atoms with Crippen LogP contribution in [0, 0.1) is 0 Å². The SMILES string of the molecule is CC(C)(C)N1CCC(NS(=O)(=O)c2cccc(C3=NCC=N3)c2)CC1. The Bertz CT molecular complexity index is 786. The van der Waals surface area contributed by atoms with Crippen LogP contribution in [0.25, 0.3) is 0 Å². The predicted octanol–water partition coefficient (Wildman–Crippen LogP) is 2.06. The quantitative estimate of drug-likeness (QED) is 0.891. The summed E-state index contributed by atoms with van der Waals surface area (Å²) in [5.74, 6) is 0.593. The summed E-state index contributed by atoms with van der Waals surface area (Å²) in [5.41, 5.74) is 0.861. The smallest absolute Gasteiger partial charge is 0.240 e. The molecule has 1 aromatic carbocycles. The van der Waals surface area contributed by atoms with Crippen molar-refractivity contribution in [2.24, 2.45) is 9.98 Å². The van der Waals surface area contributed by atoms with Crippen LogP contribution >= 0.6 is 0 Å². The second-order valence-electron chi connectivity index (χ2n) is 7.56. The predicted molar refractivity (Wildman–Crippen MR) is 101 cm³/mol. The molecule has 0 spiro atoms. The molecule has 0 aliphatic carbocycles. The summed E-state index contributed by atoms with van der Waals surface area (Å²) in [5, 5.41) is 0. The molecule has 1 aromatic rings. The van der Waals surface area contributed by atoms with Crippen molar-refractivity contribution in [3.05, 3.63) is 29.8 Å². The molecule has 1 fully saturated rings. The Kier molecular flexibility index (Phi) is 5.09. The summed E-state index contributed by atoms with van der Waals surface area (Å²) in [6.07, 6.45) is 3.37. The number of rotatable bonds is 4. The fraction of sp³-hybridized carbons (Fsp3) is 0.556. The van der Waals surface area contributed by atoms with E-state index < -0.39 is 10.0 Å². The molecule has 136 valence electrons. The van der Waals surface area contributed by atoms with Crippen LogP contribution in [0.15, 0.2) is 39.1 Å². The minimum Gasteiger partial charge on any atom is -0.298 e. The van der Waals surface area contributed by atoms with E-state index in [1.54, 1.807) is 24.4 Å². The summed E-state index contributed by atoms with van der Waals surface area (Å²) in [6.45, 7) is 8.94. The summed E-state index contributed by atoms with van der Waals surface area (Å²) >= 11 is 0. The van der Waals surface area contributed by atoms with E-state index in [0.29, 0.717) is 12.4 Å². The second-order valence-corrected chi connectivity index (χ2v) is 9.27. The van der Waals surface area contributed by atoms with Crippen molar-refractivity contribution in [1.29, 1.82) is 0 Å². The van der Waals surface area contributed by atoms with Gasteiger partial charge in [-0.3, -0.25) is 9.89 Å². The van der Waals surface area contributed by atoms with Gasteiger partial charge in [-0.1, -0.05) is 12.1 Å². The third kappa shape index (κ3) is 4.34. The van der Waals surface area contributed by atoms with Gasteiger partial charge in [-0.25, -0.2) is 18.1 Å². The number of likely N-dealkylation sites (tertiary alicyclic amines) is 1. The van der Waals surface area contributed by atoms with E-state index in [1.165, 1.54) is 0 Å². The van der Waals surface area contributed by atoms with E-state index in [2.05, 4.69) is 40.4 Å². The van der Waals surface area contributed by atoms with Gasteiger partial charge >= 0.3 is 0 Å². The molecule has 3 rings (SSSR count). The van der Waals surface area contributed by atoms with Gasteiger partial charge < -0.3 is 0 Å².